The van der Waals surface area contributed by atoms with E-state index in [4.69, 9.17) is 0 Å². The standard InChI is InChI=1S/C23H50N/c1-9-15-22(11-3)18-14-12-13-17-21(6)24(7,8)23(16-10-2)19-20(4)5/h20-23H,9-19H2,1-8H3/q+1. The molecule has 0 aliphatic carbocycles. The molecule has 0 aliphatic heterocycles. The Hall–Kier alpha value is -0.0400. The Kier molecular flexibility index (Phi) is 13.2. The van der Waals surface area contributed by atoms with Gasteiger partial charge in [0.05, 0.1) is 26.2 Å². The fraction of sp³-hybridized carbons (Fsp3) is 1.00. The molecule has 3 unspecified atom stereocenters. The van der Waals surface area contributed by atoms with Gasteiger partial charge in [0.1, 0.15) is 0 Å². The van der Waals surface area contributed by atoms with Gasteiger partial charge in [-0.2, -0.15) is 0 Å². The van der Waals surface area contributed by atoms with Gasteiger partial charge in [-0.15, -0.1) is 0 Å². The summed E-state index contributed by atoms with van der Waals surface area (Å²) in [5.74, 6) is 1.80. The largest absolute Gasteiger partial charge is 0.324 e. The first-order valence-corrected chi connectivity index (χ1v) is 11.1. The van der Waals surface area contributed by atoms with Crippen molar-refractivity contribution in [2.45, 2.75) is 124 Å². The van der Waals surface area contributed by atoms with Crippen molar-refractivity contribution in [2.75, 3.05) is 14.1 Å². The molecule has 0 saturated heterocycles. The number of unbranched alkanes of at least 4 members (excludes halogenated alkanes) is 2. The quantitative estimate of drug-likeness (QED) is 0.214. The van der Waals surface area contributed by atoms with Crippen LogP contribution in [0.4, 0.5) is 0 Å². The Balaban J connectivity index is 4.24. The van der Waals surface area contributed by atoms with Gasteiger partial charge in [0, 0.05) is 6.42 Å². The van der Waals surface area contributed by atoms with E-state index in [1.165, 1.54) is 75.1 Å². The summed E-state index contributed by atoms with van der Waals surface area (Å²) in [6.07, 6.45) is 15.4. The molecular weight excluding hydrogens is 290 g/mol. The molecule has 0 N–H and O–H groups in total. The maximum atomic E-state index is 2.49. The lowest BCUT2D eigenvalue weighted by atomic mass is 9.92. The molecule has 1 nitrogen and oxygen atoms in total. The third-order valence-electron chi connectivity index (χ3n) is 6.45. The lowest BCUT2D eigenvalue weighted by Crippen LogP contribution is -2.55. The molecule has 0 aromatic carbocycles. The van der Waals surface area contributed by atoms with Crippen molar-refractivity contribution in [2.24, 2.45) is 11.8 Å². The van der Waals surface area contributed by atoms with E-state index in [1.807, 2.05) is 0 Å². The highest BCUT2D eigenvalue weighted by molar-refractivity contribution is 4.65. The van der Waals surface area contributed by atoms with Gasteiger partial charge >= 0.3 is 0 Å². The third kappa shape index (κ3) is 9.44. The van der Waals surface area contributed by atoms with E-state index in [0.717, 1.165) is 23.9 Å². The minimum absolute atomic E-state index is 0.790. The predicted octanol–water partition coefficient (Wildman–Crippen LogP) is 7.44. The van der Waals surface area contributed by atoms with Crippen molar-refractivity contribution in [1.82, 2.24) is 0 Å². The van der Waals surface area contributed by atoms with E-state index in [1.54, 1.807) is 0 Å². The number of hydrogen-bond acceptors (Lipinski definition) is 0. The van der Waals surface area contributed by atoms with Crippen LogP contribution >= 0.6 is 0 Å². The maximum absolute atomic E-state index is 2.49. The number of rotatable bonds is 15. The zero-order valence-electron chi connectivity index (χ0n) is 18.5. The minimum Gasteiger partial charge on any atom is -0.324 e. The monoisotopic (exact) mass is 340 g/mol. The van der Waals surface area contributed by atoms with Crippen LogP contribution in [0.5, 0.6) is 0 Å². The molecule has 0 fully saturated rings. The highest BCUT2D eigenvalue weighted by atomic mass is 15.4. The van der Waals surface area contributed by atoms with Crippen molar-refractivity contribution in [3.8, 4) is 0 Å². The summed E-state index contributed by atoms with van der Waals surface area (Å²) in [5.41, 5.74) is 0. The van der Waals surface area contributed by atoms with Crippen molar-refractivity contribution in [3.63, 3.8) is 0 Å². The highest BCUT2D eigenvalue weighted by Crippen LogP contribution is 2.26. The molecule has 0 aromatic rings. The summed E-state index contributed by atoms with van der Waals surface area (Å²) < 4.78 is 1.22. The first kappa shape index (κ1) is 24.0. The Bertz CT molecular complexity index is 282. The molecule has 0 aliphatic rings. The average molecular weight is 341 g/mol. The van der Waals surface area contributed by atoms with Crippen LogP contribution < -0.4 is 0 Å². The van der Waals surface area contributed by atoms with E-state index in [0.29, 0.717) is 0 Å². The molecule has 0 saturated carbocycles. The van der Waals surface area contributed by atoms with E-state index >= 15 is 0 Å². The Morgan fingerprint density at radius 3 is 1.79 bits per heavy atom. The van der Waals surface area contributed by atoms with Crippen LogP contribution in [0.1, 0.15) is 112 Å². The second kappa shape index (κ2) is 13.2. The summed E-state index contributed by atoms with van der Waals surface area (Å²) in [5, 5.41) is 0. The first-order valence-electron chi connectivity index (χ1n) is 11.1. The molecule has 0 rings (SSSR count). The lowest BCUT2D eigenvalue weighted by molar-refractivity contribution is -0.938. The third-order valence-corrected chi connectivity index (χ3v) is 6.45. The maximum Gasteiger partial charge on any atom is 0.0890 e. The zero-order chi connectivity index (χ0) is 18.6. The predicted molar refractivity (Wildman–Crippen MR) is 111 cm³/mol. The molecule has 0 bridgehead atoms. The smallest absolute Gasteiger partial charge is 0.0890 e. The summed E-state index contributed by atoms with van der Waals surface area (Å²) >= 11 is 0. The topological polar surface area (TPSA) is 0 Å². The van der Waals surface area contributed by atoms with Gasteiger partial charge in [-0.05, 0) is 38.0 Å². The molecule has 0 heterocycles. The number of quaternary nitrogens is 1. The van der Waals surface area contributed by atoms with Crippen LogP contribution in [0.2, 0.25) is 0 Å². The van der Waals surface area contributed by atoms with Crippen LogP contribution in [0, 0.1) is 11.8 Å². The van der Waals surface area contributed by atoms with Crippen LogP contribution in [0.3, 0.4) is 0 Å². The van der Waals surface area contributed by atoms with Gasteiger partial charge < -0.3 is 4.48 Å². The van der Waals surface area contributed by atoms with Crippen molar-refractivity contribution in [1.29, 1.82) is 0 Å². The van der Waals surface area contributed by atoms with Crippen molar-refractivity contribution < 1.29 is 4.48 Å². The molecule has 0 spiro atoms. The highest BCUT2D eigenvalue weighted by Gasteiger charge is 2.32. The van der Waals surface area contributed by atoms with Gasteiger partial charge in [0.25, 0.3) is 0 Å². The molecule has 3 atom stereocenters. The molecule has 146 valence electrons. The second-order valence-corrected chi connectivity index (χ2v) is 9.25. The fourth-order valence-corrected chi connectivity index (χ4v) is 4.30. The molecule has 0 aromatic heterocycles. The first-order chi connectivity index (χ1) is 11.3. The lowest BCUT2D eigenvalue weighted by Gasteiger charge is -2.44. The van der Waals surface area contributed by atoms with Gasteiger partial charge in [-0.1, -0.05) is 79.6 Å². The molecule has 0 radical (unpaired) electrons. The second-order valence-electron chi connectivity index (χ2n) is 9.25. The van der Waals surface area contributed by atoms with Gasteiger partial charge in [-0.3, -0.25) is 0 Å². The Morgan fingerprint density at radius 1 is 0.708 bits per heavy atom. The summed E-state index contributed by atoms with van der Waals surface area (Å²) in [6, 6.07) is 1.62. The molecule has 0 amide bonds. The Morgan fingerprint density at radius 2 is 1.29 bits per heavy atom. The van der Waals surface area contributed by atoms with E-state index in [9.17, 15) is 0 Å². The van der Waals surface area contributed by atoms with Gasteiger partial charge in [0.15, 0.2) is 0 Å². The van der Waals surface area contributed by atoms with Gasteiger partial charge in [-0.25, -0.2) is 0 Å². The molecule has 1 heteroatoms. The molecule has 24 heavy (non-hydrogen) atoms. The summed E-state index contributed by atoms with van der Waals surface area (Å²) in [4.78, 5) is 0. The van der Waals surface area contributed by atoms with Crippen LogP contribution in [0.25, 0.3) is 0 Å². The molecular formula is C23H50N+. The fourth-order valence-electron chi connectivity index (χ4n) is 4.30. The summed E-state index contributed by atoms with van der Waals surface area (Å²) in [7, 11) is 4.98. The Labute approximate surface area is 155 Å². The van der Waals surface area contributed by atoms with Crippen LogP contribution in [0.15, 0.2) is 0 Å². The van der Waals surface area contributed by atoms with E-state index in [2.05, 4.69) is 55.6 Å². The minimum atomic E-state index is 0.790. The average Bonchev–Trinajstić information content (AvgIpc) is 2.52. The van der Waals surface area contributed by atoms with Crippen LogP contribution in [-0.4, -0.2) is 30.7 Å². The van der Waals surface area contributed by atoms with Crippen molar-refractivity contribution in [3.05, 3.63) is 0 Å². The van der Waals surface area contributed by atoms with E-state index < -0.39 is 0 Å². The van der Waals surface area contributed by atoms with Gasteiger partial charge in [0.2, 0.25) is 0 Å². The number of nitrogens with zero attached hydrogens (tertiary/aromatic N) is 1. The van der Waals surface area contributed by atoms with E-state index in [-0.39, 0.29) is 0 Å². The zero-order valence-corrected chi connectivity index (χ0v) is 18.5. The normalized spacial score (nSPS) is 16.4. The number of hydrogen-bond donors (Lipinski definition) is 0. The van der Waals surface area contributed by atoms with Crippen LogP contribution in [-0.2, 0) is 0 Å². The SMILES string of the molecule is CCCC(CC)CCCCCC(C)[N+](C)(C)C(CCC)CC(C)C. The summed E-state index contributed by atoms with van der Waals surface area (Å²) in [6.45, 7) is 14.3. The van der Waals surface area contributed by atoms with Crippen molar-refractivity contribution >= 4 is 0 Å².